The van der Waals surface area contributed by atoms with E-state index in [1.807, 2.05) is 6.07 Å². The van der Waals surface area contributed by atoms with Gasteiger partial charge in [-0.15, -0.1) is 0 Å². The van der Waals surface area contributed by atoms with Crippen LogP contribution in [0.2, 0.25) is 0 Å². The molecule has 2 aliphatic rings. The highest BCUT2D eigenvalue weighted by atomic mass is 19.1. The molecule has 0 aliphatic heterocycles. The number of rotatable bonds is 1. The van der Waals surface area contributed by atoms with E-state index in [-0.39, 0.29) is 5.83 Å². The minimum atomic E-state index is -0.289. The van der Waals surface area contributed by atoms with Crippen molar-refractivity contribution in [2.24, 2.45) is 11.8 Å². The van der Waals surface area contributed by atoms with Gasteiger partial charge in [0.05, 0.1) is 11.6 Å². The van der Waals surface area contributed by atoms with Crippen molar-refractivity contribution in [3.63, 3.8) is 0 Å². The van der Waals surface area contributed by atoms with Gasteiger partial charge in [-0.05, 0) is 43.6 Å². The predicted molar refractivity (Wildman–Crippen MR) is 62.2 cm³/mol. The zero-order valence-electron chi connectivity index (χ0n) is 9.80. The van der Waals surface area contributed by atoms with Crippen molar-refractivity contribution in [2.45, 2.75) is 45.4 Å². The SMILES string of the molecule is CC1CCC(C2=CC(F)=C(C#N)CC2)CC1. The van der Waals surface area contributed by atoms with Crippen LogP contribution in [0.5, 0.6) is 0 Å². The minimum absolute atomic E-state index is 0.289. The Morgan fingerprint density at radius 1 is 1.25 bits per heavy atom. The topological polar surface area (TPSA) is 23.8 Å². The summed E-state index contributed by atoms with van der Waals surface area (Å²) in [5.41, 5.74) is 1.57. The van der Waals surface area contributed by atoms with Crippen LogP contribution in [-0.4, -0.2) is 0 Å². The summed E-state index contributed by atoms with van der Waals surface area (Å²) >= 11 is 0. The number of hydrogen-bond acceptors (Lipinski definition) is 1. The summed E-state index contributed by atoms with van der Waals surface area (Å²) in [7, 11) is 0. The summed E-state index contributed by atoms with van der Waals surface area (Å²) in [5, 5.41) is 8.72. The number of nitrogens with zero attached hydrogens (tertiary/aromatic N) is 1. The Morgan fingerprint density at radius 3 is 2.50 bits per heavy atom. The molecule has 16 heavy (non-hydrogen) atoms. The second kappa shape index (κ2) is 4.82. The summed E-state index contributed by atoms with van der Waals surface area (Å²) in [5.74, 6) is 1.11. The fourth-order valence-corrected chi connectivity index (χ4v) is 2.77. The summed E-state index contributed by atoms with van der Waals surface area (Å²) in [4.78, 5) is 0. The molecule has 0 atom stereocenters. The van der Waals surface area contributed by atoms with E-state index < -0.39 is 0 Å². The Hall–Kier alpha value is -1.10. The fourth-order valence-electron chi connectivity index (χ4n) is 2.77. The second-order valence-corrected chi connectivity index (χ2v) is 5.11. The van der Waals surface area contributed by atoms with Crippen LogP contribution in [0.15, 0.2) is 23.0 Å². The van der Waals surface area contributed by atoms with E-state index in [2.05, 4.69) is 6.92 Å². The molecule has 2 aliphatic carbocycles. The van der Waals surface area contributed by atoms with E-state index in [0.29, 0.717) is 17.9 Å². The lowest BCUT2D eigenvalue weighted by Crippen LogP contribution is -2.15. The first-order valence-corrected chi connectivity index (χ1v) is 6.20. The highest BCUT2D eigenvalue weighted by Crippen LogP contribution is 2.38. The van der Waals surface area contributed by atoms with E-state index in [1.54, 1.807) is 6.08 Å². The average Bonchev–Trinajstić information content (AvgIpc) is 2.30. The van der Waals surface area contributed by atoms with Gasteiger partial charge in [0, 0.05) is 0 Å². The highest BCUT2D eigenvalue weighted by molar-refractivity contribution is 5.37. The number of hydrogen-bond donors (Lipinski definition) is 0. The number of nitriles is 1. The first kappa shape index (κ1) is 11.4. The molecule has 0 aromatic rings. The van der Waals surface area contributed by atoms with Crippen LogP contribution in [0.1, 0.15) is 45.4 Å². The van der Waals surface area contributed by atoms with Crippen molar-refractivity contribution < 1.29 is 4.39 Å². The molecule has 0 radical (unpaired) electrons. The molecular weight excluding hydrogens is 201 g/mol. The van der Waals surface area contributed by atoms with E-state index >= 15 is 0 Å². The molecule has 0 spiro atoms. The zero-order chi connectivity index (χ0) is 11.5. The van der Waals surface area contributed by atoms with E-state index in [9.17, 15) is 4.39 Å². The van der Waals surface area contributed by atoms with Gasteiger partial charge in [0.1, 0.15) is 5.83 Å². The summed E-state index contributed by atoms with van der Waals surface area (Å²) in [6.07, 6.45) is 8.03. The van der Waals surface area contributed by atoms with Crippen LogP contribution in [0.25, 0.3) is 0 Å². The molecular formula is C14H18FN. The summed E-state index contributed by atoms with van der Waals surface area (Å²) in [6, 6.07) is 1.94. The molecule has 0 heterocycles. The Kier molecular flexibility index (Phi) is 3.43. The van der Waals surface area contributed by atoms with Gasteiger partial charge in [0.2, 0.25) is 0 Å². The highest BCUT2D eigenvalue weighted by Gasteiger charge is 2.24. The molecule has 0 saturated heterocycles. The van der Waals surface area contributed by atoms with Gasteiger partial charge in [-0.1, -0.05) is 25.3 Å². The first-order chi connectivity index (χ1) is 7.70. The van der Waals surface area contributed by atoms with Crippen LogP contribution < -0.4 is 0 Å². The second-order valence-electron chi connectivity index (χ2n) is 5.11. The smallest absolute Gasteiger partial charge is 0.136 e. The van der Waals surface area contributed by atoms with Gasteiger partial charge >= 0.3 is 0 Å². The van der Waals surface area contributed by atoms with Crippen molar-refractivity contribution >= 4 is 0 Å². The molecule has 1 fully saturated rings. The zero-order valence-corrected chi connectivity index (χ0v) is 9.80. The van der Waals surface area contributed by atoms with Gasteiger partial charge in [-0.2, -0.15) is 5.26 Å². The van der Waals surface area contributed by atoms with Gasteiger partial charge in [0.15, 0.2) is 0 Å². The lowest BCUT2D eigenvalue weighted by molar-refractivity contribution is 0.314. The maximum Gasteiger partial charge on any atom is 0.136 e. The summed E-state index contributed by atoms with van der Waals surface area (Å²) < 4.78 is 13.5. The quantitative estimate of drug-likeness (QED) is 0.645. The molecule has 0 aromatic heterocycles. The first-order valence-electron chi connectivity index (χ1n) is 6.20. The normalized spacial score (nSPS) is 30.9. The largest absolute Gasteiger partial charge is 0.206 e. The Balaban J connectivity index is 2.07. The Labute approximate surface area is 96.7 Å². The lowest BCUT2D eigenvalue weighted by Gasteiger charge is -2.29. The standard InChI is InChI=1S/C14H18FN/c1-10-2-4-11(5-3-10)12-6-7-13(9-16)14(15)8-12/h8,10-11H,2-7H2,1H3. The van der Waals surface area contributed by atoms with Crippen LogP contribution >= 0.6 is 0 Å². The third-order valence-electron chi connectivity index (χ3n) is 3.94. The van der Waals surface area contributed by atoms with Crippen LogP contribution in [0.3, 0.4) is 0 Å². The van der Waals surface area contributed by atoms with E-state index in [0.717, 1.165) is 12.3 Å². The molecule has 2 heteroatoms. The third-order valence-corrected chi connectivity index (χ3v) is 3.94. The Bertz CT molecular complexity index is 365. The molecule has 1 saturated carbocycles. The van der Waals surface area contributed by atoms with E-state index in [1.165, 1.54) is 31.3 Å². The van der Waals surface area contributed by atoms with Gasteiger partial charge in [0.25, 0.3) is 0 Å². The van der Waals surface area contributed by atoms with Gasteiger partial charge in [-0.25, -0.2) is 4.39 Å². The van der Waals surface area contributed by atoms with E-state index in [4.69, 9.17) is 5.26 Å². The average molecular weight is 219 g/mol. The number of halogens is 1. The van der Waals surface area contributed by atoms with Crippen LogP contribution in [0, 0.1) is 23.2 Å². The molecule has 1 nitrogen and oxygen atoms in total. The van der Waals surface area contributed by atoms with Crippen molar-refractivity contribution in [1.29, 1.82) is 5.26 Å². The van der Waals surface area contributed by atoms with Crippen LogP contribution in [-0.2, 0) is 0 Å². The van der Waals surface area contributed by atoms with Crippen molar-refractivity contribution in [3.8, 4) is 6.07 Å². The molecule has 0 aromatic carbocycles. The molecule has 0 unspecified atom stereocenters. The van der Waals surface area contributed by atoms with Crippen molar-refractivity contribution in [2.75, 3.05) is 0 Å². The minimum Gasteiger partial charge on any atom is -0.206 e. The number of allylic oxidation sites excluding steroid dienone is 4. The molecule has 0 N–H and O–H groups in total. The third kappa shape index (κ3) is 2.35. The fraction of sp³-hybridized carbons (Fsp3) is 0.643. The predicted octanol–water partition coefficient (Wildman–Crippen LogP) is 4.28. The monoisotopic (exact) mass is 219 g/mol. The van der Waals surface area contributed by atoms with Gasteiger partial charge < -0.3 is 0 Å². The van der Waals surface area contributed by atoms with Crippen LogP contribution in [0.4, 0.5) is 4.39 Å². The molecule has 86 valence electrons. The lowest BCUT2D eigenvalue weighted by atomic mass is 9.76. The maximum atomic E-state index is 13.5. The molecule has 2 rings (SSSR count). The molecule has 0 bridgehead atoms. The van der Waals surface area contributed by atoms with Crippen molar-refractivity contribution in [3.05, 3.63) is 23.0 Å². The Morgan fingerprint density at radius 2 is 1.94 bits per heavy atom. The van der Waals surface area contributed by atoms with Crippen molar-refractivity contribution in [1.82, 2.24) is 0 Å². The summed E-state index contributed by atoms with van der Waals surface area (Å²) in [6.45, 7) is 2.29. The maximum absolute atomic E-state index is 13.5. The van der Waals surface area contributed by atoms with Gasteiger partial charge in [-0.3, -0.25) is 0 Å². The molecule has 0 amide bonds.